The van der Waals surface area contributed by atoms with E-state index in [0.717, 1.165) is 6.07 Å². The Labute approximate surface area is 225 Å². The molecule has 5 rings (SSSR count). The maximum Gasteiger partial charge on any atom is 0.240 e. The Morgan fingerprint density at radius 3 is 2.49 bits per heavy atom. The van der Waals surface area contributed by atoms with Crippen LogP contribution in [0, 0.1) is 33.8 Å². The van der Waals surface area contributed by atoms with Gasteiger partial charge in [0.25, 0.3) is 0 Å². The monoisotopic (exact) mass is 547 g/mol. The van der Waals surface area contributed by atoms with Crippen LogP contribution in [0.4, 0.5) is 8.78 Å². The predicted molar refractivity (Wildman–Crippen MR) is 137 cm³/mol. The third-order valence-electron chi connectivity index (χ3n) is 7.90. The van der Waals surface area contributed by atoms with Crippen molar-refractivity contribution in [2.75, 3.05) is 26.3 Å². The highest BCUT2D eigenvalue weighted by atomic mass is 35.5. The number of nitrogens with zero attached hydrogens (tertiary/aromatic N) is 2. The van der Waals surface area contributed by atoms with Crippen molar-refractivity contribution in [2.24, 2.45) is 10.8 Å². The average Bonchev–Trinajstić information content (AvgIpc) is 3.06. The summed E-state index contributed by atoms with van der Waals surface area (Å²) in [6, 6.07) is 9.43. The molecule has 196 valence electrons. The highest BCUT2D eigenvalue weighted by molar-refractivity contribution is 6.31. The number of rotatable bonds is 4. The van der Waals surface area contributed by atoms with Crippen molar-refractivity contribution in [1.29, 1.82) is 5.26 Å². The summed E-state index contributed by atoms with van der Waals surface area (Å²) in [6.07, 6.45) is 0.433. The van der Waals surface area contributed by atoms with Crippen molar-refractivity contribution in [3.05, 3.63) is 69.2 Å². The summed E-state index contributed by atoms with van der Waals surface area (Å²) in [4.78, 5) is 15.7. The molecule has 3 heterocycles. The highest BCUT2D eigenvalue weighted by Crippen LogP contribution is 2.53. The lowest BCUT2D eigenvalue weighted by Crippen LogP contribution is -2.69. The summed E-state index contributed by atoms with van der Waals surface area (Å²) in [5.41, 5.74) is -1.75. The number of halogens is 4. The SMILES string of the molecule is CC(C)(C)CC1NC(C(=O)N2CC3(COC3)C2)C(c2cccc(Cl)c2F)C1(C#N)c1ccc(Cl)cc1F. The lowest BCUT2D eigenvalue weighted by molar-refractivity contribution is -0.196. The van der Waals surface area contributed by atoms with E-state index in [2.05, 4.69) is 11.4 Å². The van der Waals surface area contributed by atoms with E-state index in [9.17, 15) is 10.1 Å². The van der Waals surface area contributed by atoms with Gasteiger partial charge in [-0.1, -0.05) is 62.2 Å². The molecule has 3 aliphatic heterocycles. The lowest BCUT2D eigenvalue weighted by atomic mass is 9.62. The van der Waals surface area contributed by atoms with E-state index in [1.54, 1.807) is 11.0 Å². The van der Waals surface area contributed by atoms with Crippen LogP contribution in [-0.4, -0.2) is 49.2 Å². The van der Waals surface area contributed by atoms with Crippen LogP contribution >= 0.6 is 23.2 Å². The fraction of sp³-hybridized carbons (Fsp3) is 0.500. The second-order valence-electron chi connectivity index (χ2n) is 11.9. The van der Waals surface area contributed by atoms with Gasteiger partial charge < -0.3 is 15.0 Å². The molecule has 4 atom stereocenters. The topological polar surface area (TPSA) is 65.4 Å². The zero-order valence-electron chi connectivity index (χ0n) is 21.0. The summed E-state index contributed by atoms with van der Waals surface area (Å²) in [7, 11) is 0. The van der Waals surface area contributed by atoms with Gasteiger partial charge in [0.2, 0.25) is 5.91 Å². The van der Waals surface area contributed by atoms with Crippen molar-refractivity contribution >= 4 is 29.1 Å². The Hall–Kier alpha value is -2.24. The average molecular weight is 548 g/mol. The van der Waals surface area contributed by atoms with Crippen molar-refractivity contribution in [1.82, 2.24) is 10.2 Å². The van der Waals surface area contributed by atoms with E-state index in [-0.39, 0.29) is 37.9 Å². The first-order chi connectivity index (χ1) is 17.4. The largest absolute Gasteiger partial charge is 0.380 e. The molecule has 3 saturated heterocycles. The Bertz CT molecular complexity index is 1280. The molecule has 9 heteroatoms. The molecule has 3 aliphatic rings. The molecule has 2 aromatic carbocycles. The van der Waals surface area contributed by atoms with Crippen LogP contribution in [0.5, 0.6) is 0 Å². The summed E-state index contributed by atoms with van der Waals surface area (Å²) >= 11 is 12.2. The smallest absolute Gasteiger partial charge is 0.240 e. The molecule has 4 unspecified atom stereocenters. The first-order valence-corrected chi connectivity index (χ1v) is 13.1. The minimum absolute atomic E-state index is 0.0233. The van der Waals surface area contributed by atoms with E-state index in [1.165, 1.54) is 24.3 Å². The Balaban J connectivity index is 1.69. The predicted octanol–water partition coefficient (Wildman–Crippen LogP) is 5.45. The summed E-state index contributed by atoms with van der Waals surface area (Å²) in [5, 5.41) is 14.3. The Morgan fingerprint density at radius 2 is 1.92 bits per heavy atom. The number of nitriles is 1. The summed E-state index contributed by atoms with van der Waals surface area (Å²) in [5.74, 6) is -2.68. The van der Waals surface area contributed by atoms with Crippen LogP contribution in [0.25, 0.3) is 0 Å². The number of amides is 1. The fourth-order valence-corrected chi connectivity index (χ4v) is 6.57. The zero-order chi connectivity index (χ0) is 26.8. The molecule has 0 bridgehead atoms. The van der Waals surface area contributed by atoms with E-state index >= 15 is 8.78 Å². The highest BCUT2D eigenvalue weighted by Gasteiger charge is 2.63. The maximum atomic E-state index is 15.7. The van der Waals surface area contributed by atoms with Gasteiger partial charge in [-0.3, -0.25) is 4.79 Å². The third-order valence-corrected chi connectivity index (χ3v) is 8.42. The van der Waals surface area contributed by atoms with E-state index in [1.807, 2.05) is 20.8 Å². The fourth-order valence-electron chi connectivity index (χ4n) is 6.23. The molecule has 5 nitrogen and oxygen atoms in total. The van der Waals surface area contributed by atoms with Gasteiger partial charge in [0.1, 0.15) is 17.0 Å². The number of hydrogen-bond acceptors (Lipinski definition) is 4. The number of carbonyl (C=O) groups is 1. The first kappa shape index (κ1) is 26.4. The van der Waals surface area contributed by atoms with Gasteiger partial charge >= 0.3 is 0 Å². The van der Waals surface area contributed by atoms with Gasteiger partial charge in [0.15, 0.2) is 0 Å². The van der Waals surface area contributed by atoms with E-state index < -0.39 is 35.1 Å². The molecule has 1 N–H and O–H groups in total. The van der Waals surface area contributed by atoms with Crippen molar-refractivity contribution < 1.29 is 18.3 Å². The van der Waals surface area contributed by atoms with Crippen molar-refractivity contribution in [2.45, 2.75) is 50.6 Å². The second-order valence-corrected chi connectivity index (χ2v) is 12.7. The van der Waals surface area contributed by atoms with Crippen LogP contribution in [0.15, 0.2) is 36.4 Å². The molecule has 1 spiro atoms. The second kappa shape index (κ2) is 9.20. The zero-order valence-corrected chi connectivity index (χ0v) is 22.5. The lowest BCUT2D eigenvalue weighted by Gasteiger charge is -2.55. The normalized spacial score (nSPS) is 28.5. The Kier molecular flexibility index (Phi) is 6.56. The number of carbonyl (C=O) groups excluding carboxylic acids is 1. The molecule has 2 aromatic rings. The molecule has 0 radical (unpaired) electrons. The number of benzene rings is 2. The Morgan fingerprint density at radius 1 is 1.22 bits per heavy atom. The standard InChI is InChI=1S/C28H29Cl2F2N3O2/c1-26(2,3)10-21-28(11-33,18-8-7-16(29)9-20(18)31)22(17-5-4-6-19(30)23(17)32)24(34-21)25(36)35-12-27(13-35)14-37-15-27/h4-9,21-22,24,34H,10,12-15H2,1-3H3. The quantitative estimate of drug-likeness (QED) is 0.552. The maximum absolute atomic E-state index is 15.7. The van der Waals surface area contributed by atoms with Crippen LogP contribution in [-0.2, 0) is 14.9 Å². The minimum atomic E-state index is -1.62. The molecule has 0 aliphatic carbocycles. The number of likely N-dealkylation sites (tertiary alicyclic amines) is 1. The van der Waals surface area contributed by atoms with Gasteiger partial charge in [0, 0.05) is 35.6 Å². The molecule has 3 fully saturated rings. The molecular formula is C28H29Cl2F2N3O2. The van der Waals surface area contributed by atoms with Crippen LogP contribution in [0.3, 0.4) is 0 Å². The first-order valence-electron chi connectivity index (χ1n) is 12.3. The molecule has 1 amide bonds. The summed E-state index contributed by atoms with van der Waals surface area (Å²) in [6.45, 7) is 8.30. The molecular weight excluding hydrogens is 519 g/mol. The van der Waals surface area contributed by atoms with Crippen molar-refractivity contribution in [3.63, 3.8) is 0 Å². The van der Waals surface area contributed by atoms with Gasteiger partial charge in [-0.25, -0.2) is 8.78 Å². The minimum Gasteiger partial charge on any atom is -0.380 e. The van der Waals surface area contributed by atoms with Crippen LogP contribution in [0.2, 0.25) is 10.0 Å². The molecule has 0 aromatic heterocycles. The van der Waals surface area contributed by atoms with Gasteiger partial charge in [0.05, 0.1) is 35.8 Å². The number of ether oxygens (including phenoxy) is 1. The van der Waals surface area contributed by atoms with E-state index in [4.69, 9.17) is 27.9 Å². The molecule has 0 saturated carbocycles. The van der Waals surface area contributed by atoms with Gasteiger partial charge in [-0.15, -0.1) is 0 Å². The van der Waals surface area contributed by atoms with Crippen molar-refractivity contribution in [3.8, 4) is 6.07 Å². The summed E-state index contributed by atoms with van der Waals surface area (Å²) < 4.78 is 36.7. The van der Waals surface area contributed by atoms with Crippen LogP contribution < -0.4 is 5.32 Å². The van der Waals surface area contributed by atoms with E-state index in [0.29, 0.717) is 32.7 Å². The number of hydrogen-bond donors (Lipinski definition) is 1. The van der Waals surface area contributed by atoms with Gasteiger partial charge in [-0.05, 0) is 35.6 Å². The third kappa shape index (κ3) is 4.32. The number of nitrogens with one attached hydrogen (secondary N) is 1. The van der Waals surface area contributed by atoms with Gasteiger partial charge in [-0.2, -0.15) is 5.26 Å². The molecule has 37 heavy (non-hydrogen) atoms. The van der Waals surface area contributed by atoms with Crippen LogP contribution in [0.1, 0.15) is 44.2 Å².